The summed E-state index contributed by atoms with van der Waals surface area (Å²) >= 11 is 0. The van der Waals surface area contributed by atoms with Gasteiger partial charge in [0.1, 0.15) is 5.82 Å². The average molecular weight is 292 g/mol. The molecule has 0 aliphatic heterocycles. The maximum atomic E-state index is 13.0. The lowest BCUT2D eigenvalue weighted by Crippen LogP contribution is -2.45. The Kier molecular flexibility index (Phi) is 6.50. The van der Waals surface area contributed by atoms with Crippen LogP contribution >= 0.6 is 0 Å². The van der Waals surface area contributed by atoms with Crippen LogP contribution in [0.2, 0.25) is 0 Å². The van der Waals surface area contributed by atoms with Gasteiger partial charge in [-0.25, -0.2) is 4.39 Å². The van der Waals surface area contributed by atoms with E-state index in [0.717, 1.165) is 24.7 Å². The van der Waals surface area contributed by atoms with Crippen LogP contribution < -0.4 is 10.2 Å². The summed E-state index contributed by atoms with van der Waals surface area (Å²) in [7, 11) is 2.11. The van der Waals surface area contributed by atoms with Gasteiger partial charge in [0.2, 0.25) is 0 Å². The first kappa shape index (κ1) is 16.3. The molecule has 1 atom stereocenters. The molecule has 3 heteroatoms. The predicted molar refractivity (Wildman–Crippen MR) is 88.3 cm³/mol. The topological polar surface area (TPSA) is 15.3 Å². The SMILES string of the molecule is CCCNC(CN(C)c1ccc(F)cc1)C1CCCCC1. The van der Waals surface area contributed by atoms with E-state index in [-0.39, 0.29) is 5.82 Å². The highest BCUT2D eigenvalue weighted by Gasteiger charge is 2.24. The highest BCUT2D eigenvalue weighted by Crippen LogP contribution is 2.27. The molecule has 2 rings (SSSR count). The number of rotatable bonds is 7. The molecule has 1 aliphatic carbocycles. The molecule has 1 aromatic rings. The fourth-order valence-corrected chi connectivity index (χ4v) is 3.34. The summed E-state index contributed by atoms with van der Waals surface area (Å²) in [5.41, 5.74) is 1.09. The summed E-state index contributed by atoms with van der Waals surface area (Å²) < 4.78 is 13.0. The quantitative estimate of drug-likeness (QED) is 0.810. The minimum absolute atomic E-state index is 0.167. The lowest BCUT2D eigenvalue weighted by atomic mass is 9.83. The predicted octanol–water partition coefficient (Wildman–Crippen LogP) is 4.21. The Morgan fingerprint density at radius 2 is 1.86 bits per heavy atom. The van der Waals surface area contributed by atoms with Gasteiger partial charge in [-0.05, 0) is 56.0 Å². The van der Waals surface area contributed by atoms with Crippen molar-refractivity contribution in [2.75, 3.05) is 25.0 Å². The zero-order valence-corrected chi connectivity index (χ0v) is 13.4. The summed E-state index contributed by atoms with van der Waals surface area (Å²) in [6.45, 7) is 4.29. The Balaban J connectivity index is 1.97. The van der Waals surface area contributed by atoms with Gasteiger partial charge < -0.3 is 10.2 Å². The van der Waals surface area contributed by atoms with Gasteiger partial charge in [-0.3, -0.25) is 0 Å². The number of nitrogens with zero attached hydrogens (tertiary/aromatic N) is 1. The second-order valence-electron chi connectivity index (χ2n) is 6.32. The van der Waals surface area contributed by atoms with Crippen molar-refractivity contribution in [3.05, 3.63) is 30.1 Å². The highest BCUT2D eigenvalue weighted by molar-refractivity contribution is 5.45. The van der Waals surface area contributed by atoms with Crippen LogP contribution in [0, 0.1) is 11.7 Å². The van der Waals surface area contributed by atoms with E-state index >= 15 is 0 Å². The normalized spacial score (nSPS) is 17.7. The largest absolute Gasteiger partial charge is 0.373 e. The molecule has 0 aromatic heterocycles. The third kappa shape index (κ3) is 4.99. The number of nitrogens with one attached hydrogen (secondary N) is 1. The van der Waals surface area contributed by atoms with Crippen molar-refractivity contribution >= 4 is 5.69 Å². The van der Waals surface area contributed by atoms with Crippen LogP contribution in [0.1, 0.15) is 45.4 Å². The van der Waals surface area contributed by atoms with E-state index in [1.165, 1.54) is 38.5 Å². The van der Waals surface area contributed by atoms with E-state index in [2.05, 4.69) is 24.2 Å². The van der Waals surface area contributed by atoms with Crippen molar-refractivity contribution in [2.45, 2.75) is 51.5 Å². The van der Waals surface area contributed by atoms with E-state index in [4.69, 9.17) is 0 Å². The number of likely N-dealkylation sites (N-methyl/N-ethyl adjacent to an activating group) is 1. The molecule has 118 valence electrons. The fourth-order valence-electron chi connectivity index (χ4n) is 3.34. The Bertz CT molecular complexity index is 398. The van der Waals surface area contributed by atoms with Crippen LogP contribution in [0.4, 0.5) is 10.1 Å². The average Bonchev–Trinajstić information content (AvgIpc) is 2.52. The first-order valence-corrected chi connectivity index (χ1v) is 8.40. The van der Waals surface area contributed by atoms with Gasteiger partial charge in [-0.2, -0.15) is 0 Å². The summed E-state index contributed by atoms with van der Waals surface area (Å²) in [6.07, 6.45) is 8.00. The standard InChI is InChI=1S/C18H29FN2/c1-3-13-20-18(15-7-5-4-6-8-15)14-21(2)17-11-9-16(19)10-12-17/h9-12,15,18,20H,3-8,13-14H2,1-2H3. The molecular weight excluding hydrogens is 263 g/mol. The molecule has 0 heterocycles. The second-order valence-corrected chi connectivity index (χ2v) is 6.32. The van der Waals surface area contributed by atoms with Crippen molar-refractivity contribution in [3.63, 3.8) is 0 Å². The van der Waals surface area contributed by atoms with E-state index < -0.39 is 0 Å². The Hall–Kier alpha value is -1.09. The first-order chi connectivity index (χ1) is 10.2. The van der Waals surface area contributed by atoms with Crippen LogP contribution in [0.3, 0.4) is 0 Å². The number of benzene rings is 1. The number of hydrogen-bond acceptors (Lipinski definition) is 2. The maximum absolute atomic E-state index is 13.0. The van der Waals surface area contributed by atoms with Crippen LogP contribution in [-0.4, -0.2) is 26.2 Å². The molecule has 1 aliphatic rings. The lowest BCUT2D eigenvalue weighted by molar-refractivity contribution is 0.271. The molecule has 1 unspecified atom stereocenters. The second kappa shape index (κ2) is 8.38. The lowest BCUT2D eigenvalue weighted by Gasteiger charge is -2.34. The van der Waals surface area contributed by atoms with Crippen LogP contribution in [0.25, 0.3) is 0 Å². The van der Waals surface area contributed by atoms with E-state index in [1.807, 2.05) is 12.1 Å². The summed E-state index contributed by atoms with van der Waals surface area (Å²) in [5, 5.41) is 3.74. The summed E-state index contributed by atoms with van der Waals surface area (Å²) in [6, 6.07) is 7.36. The molecule has 21 heavy (non-hydrogen) atoms. The van der Waals surface area contributed by atoms with Gasteiger partial charge in [0, 0.05) is 25.3 Å². The monoisotopic (exact) mass is 292 g/mol. The van der Waals surface area contributed by atoms with Crippen molar-refractivity contribution < 1.29 is 4.39 Å². The molecule has 1 fully saturated rings. The maximum Gasteiger partial charge on any atom is 0.123 e. The molecule has 0 radical (unpaired) electrons. The molecule has 1 saturated carbocycles. The molecule has 1 N–H and O–H groups in total. The van der Waals surface area contributed by atoms with Gasteiger partial charge >= 0.3 is 0 Å². The van der Waals surface area contributed by atoms with Crippen molar-refractivity contribution in [1.29, 1.82) is 0 Å². The summed E-state index contributed by atoms with van der Waals surface area (Å²) in [5.74, 6) is 0.619. The molecule has 0 amide bonds. The van der Waals surface area contributed by atoms with E-state index in [9.17, 15) is 4.39 Å². The van der Waals surface area contributed by atoms with Gasteiger partial charge in [-0.1, -0.05) is 26.2 Å². The van der Waals surface area contributed by atoms with Gasteiger partial charge in [0.15, 0.2) is 0 Å². The van der Waals surface area contributed by atoms with Gasteiger partial charge in [0.05, 0.1) is 0 Å². The molecule has 1 aromatic carbocycles. The van der Waals surface area contributed by atoms with Gasteiger partial charge in [-0.15, -0.1) is 0 Å². The number of anilines is 1. The Labute approximate surface area is 128 Å². The molecule has 0 bridgehead atoms. The van der Waals surface area contributed by atoms with Crippen molar-refractivity contribution in [2.24, 2.45) is 5.92 Å². The molecule has 0 spiro atoms. The minimum Gasteiger partial charge on any atom is -0.373 e. The van der Waals surface area contributed by atoms with Crippen LogP contribution in [0.5, 0.6) is 0 Å². The van der Waals surface area contributed by atoms with Crippen molar-refractivity contribution in [1.82, 2.24) is 5.32 Å². The highest BCUT2D eigenvalue weighted by atomic mass is 19.1. The molecule has 2 nitrogen and oxygen atoms in total. The Morgan fingerprint density at radius 1 is 1.19 bits per heavy atom. The zero-order valence-electron chi connectivity index (χ0n) is 13.4. The third-order valence-corrected chi connectivity index (χ3v) is 4.61. The van der Waals surface area contributed by atoms with Gasteiger partial charge in [0.25, 0.3) is 0 Å². The van der Waals surface area contributed by atoms with Crippen molar-refractivity contribution in [3.8, 4) is 0 Å². The summed E-state index contributed by atoms with van der Waals surface area (Å²) in [4.78, 5) is 2.25. The Morgan fingerprint density at radius 3 is 2.48 bits per heavy atom. The minimum atomic E-state index is -0.167. The fraction of sp³-hybridized carbons (Fsp3) is 0.667. The molecule has 0 saturated heterocycles. The van der Waals surface area contributed by atoms with E-state index in [0.29, 0.717) is 6.04 Å². The number of halogens is 1. The van der Waals surface area contributed by atoms with Crippen LogP contribution in [0.15, 0.2) is 24.3 Å². The van der Waals surface area contributed by atoms with E-state index in [1.54, 1.807) is 12.1 Å². The zero-order chi connectivity index (χ0) is 15.1. The third-order valence-electron chi connectivity index (χ3n) is 4.61. The molecular formula is C18H29FN2. The van der Waals surface area contributed by atoms with Crippen LogP contribution in [-0.2, 0) is 0 Å². The number of hydrogen-bond donors (Lipinski definition) is 1. The first-order valence-electron chi connectivity index (χ1n) is 8.40. The smallest absolute Gasteiger partial charge is 0.123 e.